The van der Waals surface area contributed by atoms with Crippen LogP contribution in [0.5, 0.6) is 0 Å². The quantitative estimate of drug-likeness (QED) is 0.687. The first-order valence-electron chi connectivity index (χ1n) is 5.78. The molecule has 0 aliphatic carbocycles. The van der Waals surface area contributed by atoms with Crippen LogP contribution in [0.25, 0.3) is 0 Å². The summed E-state index contributed by atoms with van der Waals surface area (Å²) >= 11 is 0. The molecule has 0 aromatic heterocycles. The number of benzene rings is 1. The third kappa shape index (κ3) is 4.54. The van der Waals surface area contributed by atoms with E-state index in [0.29, 0.717) is 12.3 Å². The van der Waals surface area contributed by atoms with Gasteiger partial charge in [0.1, 0.15) is 6.04 Å². The monoisotopic (exact) mass is 236 g/mol. The Balaban J connectivity index is 2.44. The lowest BCUT2D eigenvalue weighted by atomic mass is 9.92. The van der Waals surface area contributed by atoms with Crippen LogP contribution < -0.4 is 11.5 Å². The third-order valence-corrected chi connectivity index (χ3v) is 2.85. The average molecular weight is 236 g/mol. The van der Waals surface area contributed by atoms with Gasteiger partial charge in [-0.2, -0.15) is 0 Å². The molecule has 1 aromatic carbocycles. The van der Waals surface area contributed by atoms with Crippen molar-refractivity contribution in [2.45, 2.75) is 31.8 Å². The fourth-order valence-corrected chi connectivity index (χ4v) is 1.89. The first-order chi connectivity index (χ1) is 8.00. The first kappa shape index (κ1) is 13.7. The van der Waals surface area contributed by atoms with Crippen LogP contribution >= 0.6 is 0 Å². The number of carbonyl (C=O) groups is 1. The maximum absolute atomic E-state index is 10.7. The van der Waals surface area contributed by atoms with E-state index in [1.807, 2.05) is 18.2 Å². The van der Waals surface area contributed by atoms with Crippen LogP contribution in [0, 0.1) is 5.92 Å². The minimum absolute atomic E-state index is 0.317. The summed E-state index contributed by atoms with van der Waals surface area (Å²) in [5.41, 5.74) is 12.5. The van der Waals surface area contributed by atoms with Gasteiger partial charge in [0.05, 0.1) is 0 Å². The van der Waals surface area contributed by atoms with Gasteiger partial charge < -0.3 is 16.6 Å². The molecule has 17 heavy (non-hydrogen) atoms. The highest BCUT2D eigenvalue weighted by Gasteiger charge is 2.22. The van der Waals surface area contributed by atoms with Gasteiger partial charge in [0.2, 0.25) is 0 Å². The molecule has 0 aliphatic heterocycles. The Bertz CT molecular complexity index is 354. The van der Waals surface area contributed by atoms with Crippen molar-refractivity contribution in [3.05, 3.63) is 35.9 Å². The smallest absolute Gasteiger partial charge is 0.322 e. The second-order valence-corrected chi connectivity index (χ2v) is 4.56. The Morgan fingerprint density at radius 2 is 1.88 bits per heavy atom. The van der Waals surface area contributed by atoms with Gasteiger partial charge in [-0.25, -0.2) is 0 Å². The SMILES string of the molecule is CC(Cc1ccccc1)CC(N)C(N)C(=O)O. The molecule has 3 unspecified atom stereocenters. The van der Waals surface area contributed by atoms with Crippen molar-refractivity contribution in [3.8, 4) is 0 Å². The number of rotatable bonds is 6. The van der Waals surface area contributed by atoms with Gasteiger partial charge >= 0.3 is 5.97 Å². The lowest BCUT2D eigenvalue weighted by molar-refractivity contribution is -0.139. The highest BCUT2D eigenvalue weighted by atomic mass is 16.4. The maximum atomic E-state index is 10.7. The molecule has 94 valence electrons. The molecule has 0 spiro atoms. The highest BCUT2D eigenvalue weighted by Crippen LogP contribution is 2.13. The predicted octanol–water partition coefficient (Wildman–Crippen LogP) is 0.994. The maximum Gasteiger partial charge on any atom is 0.322 e. The summed E-state index contributed by atoms with van der Waals surface area (Å²) in [6, 6.07) is 8.59. The Kier molecular flexibility index (Phi) is 5.12. The van der Waals surface area contributed by atoms with Crippen molar-refractivity contribution in [2.75, 3.05) is 0 Å². The number of carboxylic acid groups (broad SMARTS) is 1. The van der Waals surface area contributed by atoms with Crippen LogP contribution in [-0.4, -0.2) is 23.2 Å². The molecule has 1 aromatic rings. The van der Waals surface area contributed by atoms with E-state index in [0.717, 1.165) is 6.42 Å². The Morgan fingerprint density at radius 1 is 1.29 bits per heavy atom. The second kappa shape index (κ2) is 6.37. The number of hydrogen-bond acceptors (Lipinski definition) is 3. The Hall–Kier alpha value is -1.39. The van der Waals surface area contributed by atoms with E-state index < -0.39 is 18.1 Å². The standard InChI is InChI=1S/C13H20N2O2/c1-9(7-10-5-3-2-4-6-10)8-11(14)12(15)13(16)17/h2-6,9,11-12H,7-8,14-15H2,1H3,(H,16,17). The van der Waals surface area contributed by atoms with Crippen LogP contribution in [0.15, 0.2) is 30.3 Å². The lowest BCUT2D eigenvalue weighted by Crippen LogP contribution is -2.47. The van der Waals surface area contributed by atoms with E-state index in [2.05, 4.69) is 19.1 Å². The fourth-order valence-electron chi connectivity index (χ4n) is 1.89. The number of carboxylic acids is 1. The van der Waals surface area contributed by atoms with Crippen molar-refractivity contribution in [1.82, 2.24) is 0 Å². The highest BCUT2D eigenvalue weighted by molar-refractivity contribution is 5.74. The summed E-state index contributed by atoms with van der Waals surface area (Å²) < 4.78 is 0. The molecule has 0 aliphatic rings. The second-order valence-electron chi connectivity index (χ2n) is 4.56. The van der Waals surface area contributed by atoms with Crippen molar-refractivity contribution in [3.63, 3.8) is 0 Å². The lowest BCUT2D eigenvalue weighted by Gasteiger charge is -2.20. The zero-order valence-electron chi connectivity index (χ0n) is 10.0. The van der Waals surface area contributed by atoms with Crippen LogP contribution in [0.2, 0.25) is 0 Å². The minimum atomic E-state index is -1.04. The summed E-state index contributed by atoms with van der Waals surface area (Å²) in [5.74, 6) is -0.720. The van der Waals surface area contributed by atoms with Gasteiger partial charge in [-0.1, -0.05) is 37.3 Å². The average Bonchev–Trinajstić information content (AvgIpc) is 2.28. The molecule has 3 atom stereocenters. The predicted molar refractivity (Wildman–Crippen MR) is 67.5 cm³/mol. The van der Waals surface area contributed by atoms with Crippen LogP contribution in [0.3, 0.4) is 0 Å². The van der Waals surface area contributed by atoms with E-state index in [1.165, 1.54) is 5.56 Å². The number of aliphatic carboxylic acids is 1. The molecule has 0 fully saturated rings. The van der Waals surface area contributed by atoms with Gasteiger partial charge in [0.15, 0.2) is 0 Å². The zero-order chi connectivity index (χ0) is 12.8. The summed E-state index contributed by atoms with van der Waals surface area (Å²) in [6.07, 6.45) is 1.50. The fraction of sp³-hybridized carbons (Fsp3) is 0.462. The molecule has 0 amide bonds. The normalized spacial score (nSPS) is 16.2. The summed E-state index contributed by atoms with van der Waals surface area (Å²) in [7, 11) is 0. The van der Waals surface area contributed by atoms with Gasteiger partial charge in [-0.3, -0.25) is 4.79 Å². The van der Waals surface area contributed by atoms with E-state index in [1.54, 1.807) is 0 Å². The molecule has 1 rings (SSSR count). The zero-order valence-corrected chi connectivity index (χ0v) is 10.0. The molecule has 0 saturated carbocycles. The van der Waals surface area contributed by atoms with Gasteiger partial charge in [0.25, 0.3) is 0 Å². The van der Waals surface area contributed by atoms with E-state index in [9.17, 15) is 4.79 Å². The molecule has 4 nitrogen and oxygen atoms in total. The molecule has 0 radical (unpaired) electrons. The molecule has 0 saturated heterocycles. The topological polar surface area (TPSA) is 89.3 Å². The summed E-state index contributed by atoms with van der Waals surface area (Å²) in [5, 5.41) is 8.75. The molecule has 0 bridgehead atoms. The number of nitrogens with two attached hydrogens (primary N) is 2. The van der Waals surface area contributed by atoms with Crippen LogP contribution in [0.4, 0.5) is 0 Å². The minimum Gasteiger partial charge on any atom is -0.480 e. The third-order valence-electron chi connectivity index (χ3n) is 2.85. The molecule has 4 heteroatoms. The van der Waals surface area contributed by atoms with Crippen LogP contribution in [0.1, 0.15) is 18.9 Å². The van der Waals surface area contributed by atoms with Gasteiger partial charge in [-0.05, 0) is 24.3 Å². The van der Waals surface area contributed by atoms with Crippen molar-refractivity contribution in [2.24, 2.45) is 17.4 Å². The van der Waals surface area contributed by atoms with Gasteiger partial charge in [-0.15, -0.1) is 0 Å². The molecular weight excluding hydrogens is 216 g/mol. The number of hydrogen-bond donors (Lipinski definition) is 3. The van der Waals surface area contributed by atoms with E-state index in [4.69, 9.17) is 16.6 Å². The van der Waals surface area contributed by atoms with Gasteiger partial charge in [0, 0.05) is 6.04 Å². The molecular formula is C13H20N2O2. The van der Waals surface area contributed by atoms with Crippen molar-refractivity contribution in [1.29, 1.82) is 0 Å². The van der Waals surface area contributed by atoms with E-state index >= 15 is 0 Å². The van der Waals surface area contributed by atoms with E-state index in [-0.39, 0.29) is 0 Å². The molecule has 0 heterocycles. The van der Waals surface area contributed by atoms with Crippen LogP contribution in [-0.2, 0) is 11.2 Å². The summed E-state index contributed by atoms with van der Waals surface area (Å²) in [4.78, 5) is 10.7. The Morgan fingerprint density at radius 3 is 2.41 bits per heavy atom. The first-order valence-corrected chi connectivity index (χ1v) is 5.78. The molecule has 5 N–H and O–H groups in total. The van der Waals surface area contributed by atoms with Crippen molar-refractivity contribution < 1.29 is 9.90 Å². The summed E-state index contributed by atoms with van der Waals surface area (Å²) in [6.45, 7) is 2.06. The Labute approximate surface area is 102 Å². The largest absolute Gasteiger partial charge is 0.480 e. The van der Waals surface area contributed by atoms with Crippen molar-refractivity contribution >= 4 is 5.97 Å².